The molecule has 0 saturated heterocycles. The van der Waals surface area contributed by atoms with Crippen molar-refractivity contribution in [3.63, 3.8) is 0 Å². The van der Waals surface area contributed by atoms with Crippen molar-refractivity contribution < 1.29 is 28.2 Å². The van der Waals surface area contributed by atoms with Gasteiger partial charge in [-0.05, 0) is 17.7 Å². The van der Waals surface area contributed by atoms with Gasteiger partial charge < -0.3 is 10.2 Å². The zero-order valence-electron chi connectivity index (χ0n) is 11.2. The van der Waals surface area contributed by atoms with Gasteiger partial charge in [-0.2, -0.15) is 4.39 Å². The molecule has 0 aliphatic carbocycles. The van der Waals surface area contributed by atoms with Gasteiger partial charge in [-0.3, -0.25) is 0 Å². The highest BCUT2D eigenvalue weighted by Crippen LogP contribution is 2.33. The Morgan fingerprint density at radius 2 is 1.68 bits per heavy atom. The van der Waals surface area contributed by atoms with Crippen molar-refractivity contribution in [3.05, 3.63) is 70.8 Å². The second kappa shape index (κ2) is 6.34. The summed E-state index contributed by atoms with van der Waals surface area (Å²) < 4.78 is 40.6. The second-order valence-corrected chi connectivity index (χ2v) is 4.52. The summed E-state index contributed by atoms with van der Waals surface area (Å²) in [5.74, 6) is -7.10. The summed E-state index contributed by atoms with van der Waals surface area (Å²) in [4.78, 5) is 11.2. The Balaban J connectivity index is 2.52. The number of aliphatic carboxylic acids is 1. The van der Waals surface area contributed by atoms with E-state index in [1.54, 1.807) is 30.3 Å². The average Bonchev–Trinajstić information content (AvgIpc) is 2.50. The average molecular weight is 308 g/mol. The van der Waals surface area contributed by atoms with Crippen LogP contribution in [0.2, 0.25) is 0 Å². The van der Waals surface area contributed by atoms with Crippen molar-refractivity contribution in [3.8, 4) is 5.75 Å². The number of carboxylic acids is 1. The minimum absolute atomic E-state index is 0.263. The molecule has 0 amide bonds. The van der Waals surface area contributed by atoms with E-state index in [4.69, 9.17) is 5.11 Å². The SMILES string of the molecule is O=C(O)C(Cc1ccccc1)=C(F)c1ccc(F)c(F)c1O. The van der Waals surface area contributed by atoms with E-state index in [0.717, 1.165) is 6.07 Å². The molecule has 0 fully saturated rings. The molecule has 0 aliphatic rings. The highest BCUT2D eigenvalue weighted by Gasteiger charge is 2.22. The van der Waals surface area contributed by atoms with E-state index in [1.165, 1.54) is 0 Å². The molecule has 22 heavy (non-hydrogen) atoms. The van der Waals surface area contributed by atoms with E-state index >= 15 is 0 Å². The maximum absolute atomic E-state index is 14.4. The number of benzene rings is 2. The van der Waals surface area contributed by atoms with Crippen LogP contribution in [0, 0.1) is 11.6 Å². The molecular weight excluding hydrogens is 297 g/mol. The lowest BCUT2D eigenvalue weighted by atomic mass is 10.0. The smallest absolute Gasteiger partial charge is 0.334 e. The van der Waals surface area contributed by atoms with Crippen molar-refractivity contribution in [1.82, 2.24) is 0 Å². The summed E-state index contributed by atoms with van der Waals surface area (Å²) in [7, 11) is 0. The van der Waals surface area contributed by atoms with Crippen LogP contribution in [0.4, 0.5) is 13.2 Å². The van der Waals surface area contributed by atoms with Crippen molar-refractivity contribution in [2.75, 3.05) is 0 Å². The highest BCUT2D eigenvalue weighted by atomic mass is 19.2. The molecule has 0 unspecified atom stereocenters. The van der Waals surface area contributed by atoms with Crippen LogP contribution in [-0.2, 0) is 11.2 Å². The number of phenols is 1. The van der Waals surface area contributed by atoms with E-state index in [2.05, 4.69) is 0 Å². The number of carboxylic acid groups (broad SMARTS) is 1. The molecule has 0 aromatic heterocycles. The van der Waals surface area contributed by atoms with Crippen LogP contribution in [0.1, 0.15) is 11.1 Å². The summed E-state index contributed by atoms with van der Waals surface area (Å²) in [6.45, 7) is 0. The third-order valence-electron chi connectivity index (χ3n) is 3.05. The predicted octanol–water partition coefficient (Wildman–Crippen LogP) is 3.68. The Morgan fingerprint density at radius 1 is 1.05 bits per heavy atom. The number of aromatic hydroxyl groups is 1. The minimum Gasteiger partial charge on any atom is -0.504 e. The largest absolute Gasteiger partial charge is 0.504 e. The minimum atomic E-state index is -1.63. The van der Waals surface area contributed by atoms with E-state index < -0.39 is 40.3 Å². The van der Waals surface area contributed by atoms with Crippen molar-refractivity contribution in [2.24, 2.45) is 0 Å². The van der Waals surface area contributed by atoms with Crippen molar-refractivity contribution >= 4 is 11.8 Å². The maximum Gasteiger partial charge on any atom is 0.334 e. The van der Waals surface area contributed by atoms with Crippen LogP contribution in [0.25, 0.3) is 5.83 Å². The fourth-order valence-corrected chi connectivity index (χ4v) is 1.93. The third kappa shape index (κ3) is 3.11. The Bertz CT molecular complexity index is 740. The first-order chi connectivity index (χ1) is 10.4. The lowest BCUT2D eigenvalue weighted by molar-refractivity contribution is -0.132. The molecule has 6 heteroatoms. The standard InChI is InChI=1S/C16H11F3O3/c17-12-7-6-10(15(20)14(12)19)13(18)11(16(21)22)8-9-4-2-1-3-5-9/h1-7,20H,8H2,(H,21,22). The van der Waals surface area contributed by atoms with Crippen LogP contribution in [-0.4, -0.2) is 16.2 Å². The molecule has 2 aromatic carbocycles. The topological polar surface area (TPSA) is 57.5 Å². The molecule has 0 bridgehead atoms. The number of hydrogen-bond donors (Lipinski definition) is 2. The summed E-state index contributed by atoms with van der Waals surface area (Å²) >= 11 is 0. The zero-order chi connectivity index (χ0) is 16.3. The first kappa shape index (κ1) is 15.6. The molecule has 0 heterocycles. The van der Waals surface area contributed by atoms with Gasteiger partial charge in [0.15, 0.2) is 11.6 Å². The third-order valence-corrected chi connectivity index (χ3v) is 3.05. The van der Waals surface area contributed by atoms with Gasteiger partial charge in [0.1, 0.15) is 5.83 Å². The molecule has 114 valence electrons. The number of rotatable bonds is 4. The van der Waals surface area contributed by atoms with E-state index in [-0.39, 0.29) is 6.42 Å². The maximum atomic E-state index is 14.4. The fourth-order valence-electron chi connectivity index (χ4n) is 1.93. The first-order valence-electron chi connectivity index (χ1n) is 6.25. The molecule has 0 radical (unpaired) electrons. The predicted molar refractivity (Wildman–Crippen MR) is 73.8 cm³/mol. The van der Waals surface area contributed by atoms with Gasteiger partial charge in [0.05, 0.1) is 11.1 Å². The molecular formula is C16H11F3O3. The van der Waals surface area contributed by atoms with E-state index in [1.807, 2.05) is 0 Å². The van der Waals surface area contributed by atoms with Crippen LogP contribution in [0.3, 0.4) is 0 Å². The van der Waals surface area contributed by atoms with E-state index in [9.17, 15) is 23.1 Å². The van der Waals surface area contributed by atoms with Crippen LogP contribution in [0.15, 0.2) is 48.0 Å². The molecule has 2 aromatic rings. The lowest BCUT2D eigenvalue weighted by Crippen LogP contribution is -2.06. The van der Waals surface area contributed by atoms with Crippen LogP contribution < -0.4 is 0 Å². The highest BCUT2D eigenvalue weighted by molar-refractivity contribution is 5.95. The van der Waals surface area contributed by atoms with Gasteiger partial charge in [-0.25, -0.2) is 13.6 Å². The normalized spacial score (nSPS) is 12.0. The Morgan fingerprint density at radius 3 is 2.27 bits per heavy atom. The van der Waals surface area contributed by atoms with E-state index in [0.29, 0.717) is 11.6 Å². The zero-order valence-corrected chi connectivity index (χ0v) is 11.2. The molecule has 2 rings (SSSR count). The summed E-state index contributed by atoms with van der Waals surface area (Å²) in [5.41, 5.74) is -0.836. The molecule has 0 atom stereocenters. The Kier molecular flexibility index (Phi) is 4.50. The Labute approximate surface area is 124 Å². The summed E-state index contributed by atoms with van der Waals surface area (Å²) in [5, 5.41) is 18.6. The molecule has 2 N–H and O–H groups in total. The molecule has 3 nitrogen and oxygen atoms in total. The van der Waals surface area contributed by atoms with Crippen LogP contribution >= 0.6 is 0 Å². The lowest BCUT2D eigenvalue weighted by Gasteiger charge is -2.08. The van der Waals surface area contributed by atoms with Crippen LogP contribution in [0.5, 0.6) is 5.75 Å². The quantitative estimate of drug-likeness (QED) is 0.847. The number of phenolic OH excluding ortho intramolecular Hbond substituents is 1. The fraction of sp³-hybridized carbons (Fsp3) is 0.0625. The van der Waals surface area contributed by atoms with Gasteiger partial charge in [-0.1, -0.05) is 30.3 Å². The van der Waals surface area contributed by atoms with Gasteiger partial charge in [0.2, 0.25) is 5.82 Å². The molecule has 0 saturated carbocycles. The van der Waals surface area contributed by atoms with Gasteiger partial charge in [0, 0.05) is 6.42 Å². The summed E-state index contributed by atoms with van der Waals surface area (Å²) in [6.07, 6.45) is -0.263. The number of hydrogen-bond acceptors (Lipinski definition) is 2. The van der Waals surface area contributed by atoms with Gasteiger partial charge >= 0.3 is 5.97 Å². The Hall–Kier alpha value is -2.76. The molecule has 0 spiro atoms. The molecule has 0 aliphatic heterocycles. The number of carbonyl (C=O) groups is 1. The number of halogens is 3. The van der Waals surface area contributed by atoms with Gasteiger partial charge in [0.25, 0.3) is 0 Å². The van der Waals surface area contributed by atoms with Crippen molar-refractivity contribution in [1.29, 1.82) is 0 Å². The van der Waals surface area contributed by atoms with Gasteiger partial charge in [-0.15, -0.1) is 0 Å². The summed E-state index contributed by atoms with van der Waals surface area (Å²) in [6, 6.07) is 9.63. The second-order valence-electron chi connectivity index (χ2n) is 4.52. The monoisotopic (exact) mass is 308 g/mol. The van der Waals surface area contributed by atoms with Crippen molar-refractivity contribution in [2.45, 2.75) is 6.42 Å². The first-order valence-corrected chi connectivity index (χ1v) is 6.25.